The van der Waals surface area contributed by atoms with Crippen LogP contribution < -0.4 is 5.73 Å². The largest absolute Gasteiger partial charge is 0.441 e. The molecule has 1 aliphatic heterocycles. The summed E-state index contributed by atoms with van der Waals surface area (Å²) in [5.41, 5.74) is 6.10. The van der Waals surface area contributed by atoms with E-state index in [0.29, 0.717) is 19.0 Å². The van der Waals surface area contributed by atoms with E-state index in [1.165, 1.54) is 32.1 Å². The Morgan fingerprint density at radius 1 is 1.42 bits per heavy atom. The minimum Gasteiger partial charge on any atom is -0.441 e. The second kappa shape index (κ2) is 6.57. The molecular formula is C14H26N2O3. The molecule has 0 aromatic carbocycles. The summed E-state index contributed by atoms with van der Waals surface area (Å²) in [7, 11) is 0. The van der Waals surface area contributed by atoms with Crippen molar-refractivity contribution in [2.75, 3.05) is 13.1 Å². The molecule has 1 amide bonds. The van der Waals surface area contributed by atoms with Crippen LogP contribution in [0.4, 0.5) is 4.79 Å². The molecule has 0 bridgehead atoms. The van der Waals surface area contributed by atoms with E-state index in [4.69, 9.17) is 10.5 Å². The van der Waals surface area contributed by atoms with Gasteiger partial charge in [0.25, 0.3) is 0 Å². The van der Waals surface area contributed by atoms with E-state index in [9.17, 15) is 9.90 Å². The highest BCUT2D eigenvalue weighted by Crippen LogP contribution is 2.28. The van der Waals surface area contributed by atoms with Crippen molar-refractivity contribution < 1.29 is 14.6 Å². The van der Waals surface area contributed by atoms with Crippen molar-refractivity contribution in [3.63, 3.8) is 0 Å². The van der Waals surface area contributed by atoms with E-state index in [-0.39, 0.29) is 12.1 Å². The molecule has 1 aliphatic carbocycles. The normalized spacial score (nSPS) is 28.3. The molecule has 0 aromatic heterocycles. The topological polar surface area (TPSA) is 75.8 Å². The number of amides is 1. The lowest BCUT2D eigenvalue weighted by Crippen LogP contribution is -2.45. The summed E-state index contributed by atoms with van der Waals surface area (Å²) < 4.78 is 5.19. The Hall–Kier alpha value is -0.810. The summed E-state index contributed by atoms with van der Waals surface area (Å²) in [5.74, 6) is 0.623. The van der Waals surface area contributed by atoms with Crippen LogP contribution in [0, 0.1) is 5.92 Å². The van der Waals surface area contributed by atoms with E-state index in [1.54, 1.807) is 4.90 Å². The maximum Gasteiger partial charge on any atom is 0.410 e. The predicted molar refractivity (Wildman–Crippen MR) is 72.7 cm³/mol. The fourth-order valence-electron chi connectivity index (χ4n) is 3.19. The molecule has 2 fully saturated rings. The van der Waals surface area contributed by atoms with Crippen molar-refractivity contribution >= 4 is 6.09 Å². The summed E-state index contributed by atoms with van der Waals surface area (Å²) in [5, 5.41) is 10.3. The van der Waals surface area contributed by atoms with E-state index >= 15 is 0 Å². The zero-order chi connectivity index (χ0) is 13.8. The number of rotatable bonds is 5. The van der Waals surface area contributed by atoms with E-state index < -0.39 is 12.2 Å². The highest BCUT2D eigenvalue weighted by atomic mass is 16.6. The third-order valence-electron chi connectivity index (χ3n) is 4.44. The number of nitrogens with zero attached hydrogens (tertiary/aromatic N) is 1. The Morgan fingerprint density at radius 2 is 2.11 bits per heavy atom. The maximum atomic E-state index is 11.5. The standard InChI is InChI=1S/C14H26N2O3/c1-2-16-9-12(19-14(16)18)13(17)11(15)8-10-6-4-3-5-7-10/h10-13,17H,2-9,15H2,1H3/t11-,12-,13?/m0/s1. The number of ether oxygens (including phenoxy) is 1. The summed E-state index contributed by atoms with van der Waals surface area (Å²) in [6.45, 7) is 2.97. The number of nitrogens with two attached hydrogens (primary N) is 1. The van der Waals surface area contributed by atoms with Gasteiger partial charge in [0.1, 0.15) is 12.2 Å². The van der Waals surface area contributed by atoms with Gasteiger partial charge in [-0.3, -0.25) is 0 Å². The van der Waals surface area contributed by atoms with Crippen LogP contribution in [-0.4, -0.2) is 47.4 Å². The molecule has 3 N–H and O–H groups in total. The van der Waals surface area contributed by atoms with Gasteiger partial charge in [0, 0.05) is 12.6 Å². The zero-order valence-electron chi connectivity index (χ0n) is 11.8. The highest BCUT2D eigenvalue weighted by molar-refractivity contribution is 5.69. The van der Waals surface area contributed by atoms with Gasteiger partial charge in [0.05, 0.1) is 6.54 Å². The Balaban J connectivity index is 1.81. The van der Waals surface area contributed by atoms with Crippen molar-refractivity contribution in [2.45, 2.75) is 63.7 Å². The van der Waals surface area contributed by atoms with Gasteiger partial charge in [-0.2, -0.15) is 0 Å². The van der Waals surface area contributed by atoms with Crippen LogP contribution in [0.2, 0.25) is 0 Å². The Morgan fingerprint density at radius 3 is 2.68 bits per heavy atom. The molecule has 1 saturated carbocycles. The van der Waals surface area contributed by atoms with Crippen molar-refractivity contribution in [1.29, 1.82) is 0 Å². The second-order valence-electron chi connectivity index (χ2n) is 5.86. The summed E-state index contributed by atoms with van der Waals surface area (Å²) in [6.07, 6.45) is 5.58. The van der Waals surface area contributed by atoms with E-state index in [1.807, 2.05) is 6.92 Å². The first kappa shape index (κ1) is 14.6. The van der Waals surface area contributed by atoms with Crippen LogP contribution in [0.15, 0.2) is 0 Å². The van der Waals surface area contributed by atoms with Gasteiger partial charge in [-0.15, -0.1) is 0 Å². The number of carbonyl (C=O) groups excluding carboxylic acids is 1. The molecule has 0 radical (unpaired) electrons. The van der Waals surface area contributed by atoms with Gasteiger partial charge in [-0.1, -0.05) is 32.1 Å². The number of hydrogen-bond donors (Lipinski definition) is 2. The van der Waals surface area contributed by atoms with Gasteiger partial charge in [-0.25, -0.2) is 4.79 Å². The SMILES string of the molecule is CCN1C[C@@H](C(O)[C@@H](N)CC2CCCCC2)OC1=O. The lowest BCUT2D eigenvalue weighted by Gasteiger charge is -2.28. The fourth-order valence-corrected chi connectivity index (χ4v) is 3.19. The molecule has 0 aromatic rings. The summed E-state index contributed by atoms with van der Waals surface area (Å²) >= 11 is 0. The molecule has 3 atom stereocenters. The van der Waals surface area contributed by atoms with Crippen LogP contribution >= 0.6 is 0 Å². The molecule has 1 saturated heterocycles. The number of aliphatic hydroxyl groups is 1. The molecule has 1 heterocycles. The zero-order valence-corrected chi connectivity index (χ0v) is 11.8. The predicted octanol–water partition coefficient (Wildman–Crippen LogP) is 1.49. The Bertz CT molecular complexity index is 305. The highest BCUT2D eigenvalue weighted by Gasteiger charge is 2.38. The van der Waals surface area contributed by atoms with Crippen LogP contribution in [0.25, 0.3) is 0 Å². The molecule has 2 aliphatic rings. The third-order valence-corrected chi connectivity index (χ3v) is 4.44. The quantitative estimate of drug-likeness (QED) is 0.793. The Kier molecular flexibility index (Phi) is 5.05. The average molecular weight is 270 g/mol. The molecule has 5 heteroatoms. The third kappa shape index (κ3) is 3.60. The van der Waals surface area contributed by atoms with Crippen LogP contribution in [0.1, 0.15) is 45.4 Å². The fraction of sp³-hybridized carbons (Fsp3) is 0.929. The minimum absolute atomic E-state index is 0.294. The van der Waals surface area contributed by atoms with Crippen LogP contribution in [0.3, 0.4) is 0 Å². The molecule has 110 valence electrons. The summed E-state index contributed by atoms with van der Waals surface area (Å²) in [4.78, 5) is 13.1. The van der Waals surface area contributed by atoms with Gasteiger partial charge >= 0.3 is 6.09 Å². The van der Waals surface area contributed by atoms with Crippen molar-refractivity contribution in [1.82, 2.24) is 4.90 Å². The molecule has 2 rings (SSSR count). The van der Waals surface area contributed by atoms with Gasteiger partial charge in [0.2, 0.25) is 0 Å². The average Bonchev–Trinajstić information content (AvgIpc) is 2.80. The smallest absolute Gasteiger partial charge is 0.410 e. The lowest BCUT2D eigenvalue weighted by atomic mass is 9.83. The molecule has 19 heavy (non-hydrogen) atoms. The number of cyclic esters (lactones) is 1. The number of aliphatic hydroxyl groups excluding tert-OH is 1. The molecule has 0 spiro atoms. The van der Waals surface area contributed by atoms with Crippen LogP contribution in [-0.2, 0) is 4.74 Å². The summed E-state index contributed by atoms with van der Waals surface area (Å²) in [6, 6.07) is -0.294. The monoisotopic (exact) mass is 270 g/mol. The van der Waals surface area contributed by atoms with Crippen molar-refractivity contribution in [3.05, 3.63) is 0 Å². The van der Waals surface area contributed by atoms with Gasteiger partial charge < -0.3 is 20.5 Å². The van der Waals surface area contributed by atoms with Gasteiger partial charge in [-0.05, 0) is 19.3 Å². The molecular weight excluding hydrogens is 244 g/mol. The van der Waals surface area contributed by atoms with Crippen LogP contribution in [0.5, 0.6) is 0 Å². The van der Waals surface area contributed by atoms with Crippen molar-refractivity contribution in [2.24, 2.45) is 11.7 Å². The number of hydrogen-bond acceptors (Lipinski definition) is 4. The maximum absolute atomic E-state index is 11.5. The number of likely N-dealkylation sites (N-methyl/N-ethyl adjacent to an activating group) is 1. The van der Waals surface area contributed by atoms with Crippen molar-refractivity contribution in [3.8, 4) is 0 Å². The lowest BCUT2D eigenvalue weighted by molar-refractivity contribution is 0.0120. The second-order valence-corrected chi connectivity index (χ2v) is 5.86. The van der Waals surface area contributed by atoms with E-state index in [2.05, 4.69) is 0 Å². The minimum atomic E-state index is -0.748. The van der Waals surface area contributed by atoms with Gasteiger partial charge in [0.15, 0.2) is 0 Å². The first-order chi connectivity index (χ1) is 9.11. The number of carbonyl (C=O) groups is 1. The first-order valence-electron chi connectivity index (χ1n) is 7.51. The Labute approximate surface area is 115 Å². The van der Waals surface area contributed by atoms with E-state index in [0.717, 1.165) is 6.42 Å². The first-order valence-corrected chi connectivity index (χ1v) is 7.51. The molecule has 1 unspecified atom stereocenters. The molecule has 5 nitrogen and oxygen atoms in total.